The van der Waals surface area contributed by atoms with Gasteiger partial charge in [-0.05, 0) is 26.8 Å². The van der Waals surface area contributed by atoms with Gasteiger partial charge in [-0.25, -0.2) is 0 Å². The topological polar surface area (TPSA) is 20.3 Å². The molecule has 1 aliphatic heterocycles. The van der Waals surface area contributed by atoms with E-state index in [4.69, 9.17) is 0 Å². The lowest BCUT2D eigenvalue weighted by atomic mass is 10.2. The van der Waals surface area contributed by atoms with E-state index in [9.17, 15) is 4.79 Å². The number of hydrogen-bond acceptors (Lipinski definition) is 3. The van der Waals surface area contributed by atoms with E-state index in [1.165, 1.54) is 12.2 Å². The first-order valence-electron chi connectivity index (χ1n) is 4.97. The molecule has 2 atom stereocenters. The zero-order valence-electron chi connectivity index (χ0n) is 8.75. The Kier molecular flexibility index (Phi) is 4.26. The molecule has 1 aliphatic rings. The average Bonchev–Trinajstić information content (AvgIpc) is 2.28. The highest BCUT2D eigenvalue weighted by molar-refractivity contribution is 7.99. The number of carbonyl (C=O) groups excluding carboxylic acids is 1. The smallest absolute Gasteiger partial charge is 0.146 e. The fourth-order valence-electron chi connectivity index (χ4n) is 1.56. The van der Waals surface area contributed by atoms with E-state index in [1.54, 1.807) is 6.92 Å². The maximum Gasteiger partial charge on any atom is 0.146 e. The summed E-state index contributed by atoms with van der Waals surface area (Å²) in [7, 11) is 0. The van der Waals surface area contributed by atoms with Crippen molar-refractivity contribution in [1.82, 2.24) is 4.90 Å². The monoisotopic (exact) mass is 201 g/mol. The van der Waals surface area contributed by atoms with E-state index < -0.39 is 0 Å². The molecule has 1 saturated heterocycles. The van der Waals surface area contributed by atoms with Gasteiger partial charge in [0, 0.05) is 17.5 Å². The van der Waals surface area contributed by atoms with Crippen LogP contribution in [0.1, 0.15) is 27.2 Å². The van der Waals surface area contributed by atoms with Gasteiger partial charge in [-0.2, -0.15) is 11.8 Å². The molecule has 0 aliphatic carbocycles. The fraction of sp³-hybridized carbons (Fsp3) is 0.900. The maximum atomic E-state index is 11.2. The van der Waals surface area contributed by atoms with Crippen molar-refractivity contribution in [3.8, 4) is 0 Å². The molecule has 13 heavy (non-hydrogen) atoms. The van der Waals surface area contributed by atoms with Gasteiger partial charge < -0.3 is 0 Å². The van der Waals surface area contributed by atoms with Crippen LogP contribution in [0.15, 0.2) is 0 Å². The molecule has 0 spiro atoms. The van der Waals surface area contributed by atoms with Gasteiger partial charge in [0.25, 0.3) is 0 Å². The molecule has 0 saturated carbocycles. The summed E-state index contributed by atoms with van der Waals surface area (Å²) < 4.78 is 0. The van der Waals surface area contributed by atoms with Gasteiger partial charge in [0.2, 0.25) is 0 Å². The van der Waals surface area contributed by atoms with Gasteiger partial charge in [0.1, 0.15) is 5.78 Å². The van der Waals surface area contributed by atoms with Crippen molar-refractivity contribution in [2.24, 2.45) is 0 Å². The highest BCUT2D eigenvalue weighted by atomic mass is 32.2. The highest BCUT2D eigenvalue weighted by Crippen LogP contribution is 2.19. The third kappa shape index (κ3) is 3.31. The summed E-state index contributed by atoms with van der Waals surface area (Å²) in [6.07, 6.45) is 1.21. The molecule has 0 aromatic heterocycles. The van der Waals surface area contributed by atoms with Crippen molar-refractivity contribution in [2.45, 2.75) is 38.5 Å². The van der Waals surface area contributed by atoms with E-state index in [0.717, 1.165) is 18.3 Å². The number of ketones is 1. The summed E-state index contributed by atoms with van der Waals surface area (Å²) >= 11 is 2.02. The molecular weight excluding hydrogens is 182 g/mol. The predicted octanol–water partition coefficient (Wildman–Crippen LogP) is 1.79. The van der Waals surface area contributed by atoms with Crippen LogP contribution < -0.4 is 0 Å². The Morgan fingerprint density at radius 1 is 1.54 bits per heavy atom. The second kappa shape index (κ2) is 5.01. The van der Waals surface area contributed by atoms with E-state index in [0.29, 0.717) is 5.78 Å². The first-order valence-corrected chi connectivity index (χ1v) is 6.02. The van der Waals surface area contributed by atoms with Gasteiger partial charge in [-0.1, -0.05) is 6.92 Å². The summed E-state index contributed by atoms with van der Waals surface area (Å²) in [6, 6.07) is 0.117. The largest absolute Gasteiger partial charge is 0.298 e. The van der Waals surface area contributed by atoms with Crippen molar-refractivity contribution < 1.29 is 4.79 Å². The lowest BCUT2D eigenvalue weighted by molar-refractivity contribution is -0.121. The Morgan fingerprint density at radius 2 is 2.23 bits per heavy atom. The quantitative estimate of drug-likeness (QED) is 0.679. The third-order valence-electron chi connectivity index (χ3n) is 2.74. The molecule has 1 rings (SSSR count). The van der Waals surface area contributed by atoms with Crippen LogP contribution in [0.25, 0.3) is 0 Å². The second-order valence-electron chi connectivity index (χ2n) is 3.79. The van der Waals surface area contributed by atoms with Crippen LogP contribution in [-0.2, 0) is 4.79 Å². The molecule has 0 bridgehead atoms. The van der Waals surface area contributed by atoms with Crippen LogP contribution in [0.2, 0.25) is 0 Å². The molecule has 76 valence electrons. The van der Waals surface area contributed by atoms with Crippen molar-refractivity contribution in [3.05, 3.63) is 0 Å². The Balaban J connectivity index is 2.46. The van der Waals surface area contributed by atoms with Crippen LogP contribution in [-0.4, -0.2) is 40.8 Å². The Morgan fingerprint density at radius 3 is 2.85 bits per heavy atom. The number of nitrogens with zero attached hydrogens (tertiary/aromatic N) is 1. The minimum Gasteiger partial charge on any atom is -0.298 e. The first-order chi connectivity index (χ1) is 6.11. The molecule has 2 nitrogen and oxygen atoms in total. The summed E-state index contributed by atoms with van der Waals surface area (Å²) in [5, 5.41) is 0.754. The lowest BCUT2D eigenvalue weighted by Gasteiger charge is -2.24. The van der Waals surface area contributed by atoms with Crippen molar-refractivity contribution in [2.75, 3.05) is 18.8 Å². The maximum absolute atomic E-state index is 11.2. The van der Waals surface area contributed by atoms with Gasteiger partial charge in [0.05, 0.1) is 6.04 Å². The van der Waals surface area contributed by atoms with E-state index in [1.807, 2.05) is 18.7 Å². The predicted molar refractivity (Wildman–Crippen MR) is 58.3 cm³/mol. The Bertz CT molecular complexity index is 184. The molecule has 0 aromatic carbocycles. The van der Waals surface area contributed by atoms with Crippen molar-refractivity contribution >= 4 is 17.5 Å². The lowest BCUT2D eigenvalue weighted by Crippen LogP contribution is -2.39. The number of Topliss-reactive ketones (excluding diaryl/α,β-unsaturated/α-hetero) is 1. The molecule has 0 radical (unpaired) electrons. The molecule has 1 fully saturated rings. The minimum absolute atomic E-state index is 0.117. The fourth-order valence-corrected chi connectivity index (χ4v) is 2.57. The van der Waals surface area contributed by atoms with Crippen LogP contribution in [0.4, 0.5) is 0 Å². The van der Waals surface area contributed by atoms with E-state index in [-0.39, 0.29) is 6.04 Å². The van der Waals surface area contributed by atoms with Gasteiger partial charge in [-0.3, -0.25) is 9.69 Å². The van der Waals surface area contributed by atoms with Crippen molar-refractivity contribution in [1.29, 1.82) is 0 Å². The molecule has 0 aromatic rings. The van der Waals surface area contributed by atoms with Crippen LogP contribution >= 0.6 is 11.8 Å². The number of hydrogen-bond donors (Lipinski definition) is 0. The number of rotatable bonds is 2. The molecule has 0 amide bonds. The van der Waals surface area contributed by atoms with Crippen LogP contribution in [0.3, 0.4) is 0 Å². The first kappa shape index (κ1) is 11.1. The molecule has 1 heterocycles. The van der Waals surface area contributed by atoms with Gasteiger partial charge in [-0.15, -0.1) is 0 Å². The summed E-state index contributed by atoms with van der Waals surface area (Å²) in [5.74, 6) is 1.46. The van der Waals surface area contributed by atoms with E-state index >= 15 is 0 Å². The SMILES string of the molecule is CC(=O)C(C)N1CCSC(C)CC1. The molecular formula is C10H19NOS. The average molecular weight is 201 g/mol. The zero-order valence-corrected chi connectivity index (χ0v) is 9.56. The third-order valence-corrected chi connectivity index (χ3v) is 3.96. The van der Waals surface area contributed by atoms with Gasteiger partial charge >= 0.3 is 0 Å². The molecule has 3 heteroatoms. The van der Waals surface area contributed by atoms with Crippen molar-refractivity contribution in [3.63, 3.8) is 0 Å². The Labute approximate surface area is 85.1 Å². The highest BCUT2D eigenvalue weighted by Gasteiger charge is 2.20. The number of thioether (sulfide) groups is 1. The zero-order chi connectivity index (χ0) is 9.84. The summed E-state index contributed by atoms with van der Waals surface area (Å²) in [4.78, 5) is 13.5. The summed E-state index contributed by atoms with van der Waals surface area (Å²) in [6.45, 7) is 8.12. The second-order valence-corrected chi connectivity index (χ2v) is 5.34. The van der Waals surface area contributed by atoms with Crippen LogP contribution in [0, 0.1) is 0 Å². The van der Waals surface area contributed by atoms with E-state index in [2.05, 4.69) is 11.8 Å². The summed E-state index contributed by atoms with van der Waals surface area (Å²) in [5.41, 5.74) is 0. The number of carbonyl (C=O) groups is 1. The normalized spacial score (nSPS) is 28.1. The standard InChI is InChI=1S/C10H19NOS/c1-8-4-5-11(6-7-13-8)9(2)10(3)12/h8-9H,4-7H2,1-3H3. The molecule has 0 N–H and O–H groups in total. The minimum atomic E-state index is 0.117. The van der Waals surface area contributed by atoms with Crippen LogP contribution in [0.5, 0.6) is 0 Å². The Hall–Kier alpha value is -0.0200. The molecule has 2 unspecified atom stereocenters. The van der Waals surface area contributed by atoms with Gasteiger partial charge in [0.15, 0.2) is 0 Å².